The van der Waals surface area contributed by atoms with Crippen molar-refractivity contribution in [3.8, 4) is 11.1 Å². The van der Waals surface area contributed by atoms with Crippen molar-refractivity contribution in [2.75, 3.05) is 19.6 Å². The zero-order valence-corrected chi connectivity index (χ0v) is 14.8. The number of carbonyl (C=O) groups excluding carboxylic acids is 1. The van der Waals surface area contributed by atoms with E-state index in [1.54, 1.807) is 12.4 Å². The van der Waals surface area contributed by atoms with Gasteiger partial charge in [-0.3, -0.25) is 9.78 Å². The second kappa shape index (κ2) is 11.9. The second-order valence-corrected chi connectivity index (χ2v) is 4.83. The lowest BCUT2D eigenvalue weighted by molar-refractivity contribution is 0.0953. The molecule has 0 fully saturated rings. The highest BCUT2D eigenvalue weighted by Gasteiger charge is 2.07. The van der Waals surface area contributed by atoms with Crippen LogP contribution >= 0.6 is 24.8 Å². The fourth-order valence-electron chi connectivity index (χ4n) is 2.02. The van der Waals surface area contributed by atoms with E-state index in [2.05, 4.69) is 22.5 Å². The molecule has 2 aromatic rings. The van der Waals surface area contributed by atoms with Crippen LogP contribution in [0.5, 0.6) is 0 Å². The number of halogens is 2. The van der Waals surface area contributed by atoms with Gasteiger partial charge < -0.3 is 10.6 Å². The number of rotatable bonds is 7. The molecule has 126 valence electrons. The van der Waals surface area contributed by atoms with Gasteiger partial charge >= 0.3 is 0 Å². The summed E-state index contributed by atoms with van der Waals surface area (Å²) in [6, 6.07) is 11.8. The summed E-state index contributed by atoms with van der Waals surface area (Å²) in [5, 5.41) is 6.14. The minimum Gasteiger partial charge on any atom is -0.351 e. The van der Waals surface area contributed by atoms with Crippen LogP contribution in [0.25, 0.3) is 11.1 Å². The van der Waals surface area contributed by atoms with E-state index in [9.17, 15) is 4.79 Å². The van der Waals surface area contributed by atoms with Gasteiger partial charge in [-0.05, 0) is 24.6 Å². The molecule has 6 heteroatoms. The van der Waals surface area contributed by atoms with E-state index in [0.29, 0.717) is 12.1 Å². The van der Waals surface area contributed by atoms with Gasteiger partial charge in [0.05, 0.1) is 5.56 Å². The highest BCUT2D eigenvalue weighted by Crippen LogP contribution is 2.18. The SMILES string of the molecule is CCCNCCNC(=O)c1cncc(-c2ccccc2)c1.Cl.Cl. The van der Waals surface area contributed by atoms with Gasteiger partial charge in [-0.1, -0.05) is 37.3 Å². The van der Waals surface area contributed by atoms with E-state index in [1.807, 2.05) is 36.4 Å². The van der Waals surface area contributed by atoms with Gasteiger partial charge in [-0.2, -0.15) is 0 Å². The van der Waals surface area contributed by atoms with Crippen molar-refractivity contribution in [3.05, 3.63) is 54.4 Å². The zero-order valence-electron chi connectivity index (χ0n) is 13.1. The summed E-state index contributed by atoms with van der Waals surface area (Å²) in [5.41, 5.74) is 2.60. The van der Waals surface area contributed by atoms with E-state index >= 15 is 0 Å². The molecule has 1 heterocycles. The molecular weight excluding hydrogens is 333 g/mol. The molecule has 0 spiro atoms. The van der Waals surface area contributed by atoms with Crippen molar-refractivity contribution in [1.82, 2.24) is 15.6 Å². The number of amides is 1. The number of hydrogen-bond donors (Lipinski definition) is 2. The van der Waals surface area contributed by atoms with Gasteiger partial charge in [0, 0.05) is 31.0 Å². The Bertz CT molecular complexity index is 579. The van der Waals surface area contributed by atoms with Crippen LogP contribution in [0.4, 0.5) is 0 Å². The molecule has 0 unspecified atom stereocenters. The molecule has 0 aliphatic carbocycles. The Morgan fingerprint density at radius 3 is 2.43 bits per heavy atom. The van der Waals surface area contributed by atoms with Gasteiger partial charge in [-0.15, -0.1) is 24.8 Å². The Morgan fingerprint density at radius 1 is 1.00 bits per heavy atom. The lowest BCUT2D eigenvalue weighted by atomic mass is 10.1. The van der Waals surface area contributed by atoms with Gasteiger partial charge in [0.1, 0.15) is 0 Å². The molecule has 1 aromatic carbocycles. The minimum absolute atomic E-state index is 0. The van der Waals surface area contributed by atoms with Gasteiger partial charge in [0.25, 0.3) is 5.91 Å². The molecule has 4 nitrogen and oxygen atoms in total. The summed E-state index contributed by atoms with van der Waals surface area (Å²) in [4.78, 5) is 16.2. The lowest BCUT2D eigenvalue weighted by Gasteiger charge is -2.07. The molecule has 0 atom stereocenters. The van der Waals surface area contributed by atoms with E-state index in [4.69, 9.17) is 0 Å². The predicted octanol–water partition coefficient (Wildman–Crippen LogP) is 3.32. The van der Waals surface area contributed by atoms with Crippen LogP contribution in [0.2, 0.25) is 0 Å². The van der Waals surface area contributed by atoms with E-state index in [0.717, 1.165) is 30.6 Å². The molecule has 0 bridgehead atoms. The van der Waals surface area contributed by atoms with Crippen molar-refractivity contribution in [2.24, 2.45) is 0 Å². The quantitative estimate of drug-likeness (QED) is 0.749. The van der Waals surface area contributed by atoms with Crippen LogP contribution in [0.3, 0.4) is 0 Å². The number of aromatic nitrogens is 1. The number of carbonyl (C=O) groups is 1. The fourth-order valence-corrected chi connectivity index (χ4v) is 2.02. The Kier molecular flexibility index (Phi) is 11.0. The first-order valence-corrected chi connectivity index (χ1v) is 7.30. The molecule has 2 N–H and O–H groups in total. The molecular formula is C17H23Cl2N3O. The molecule has 1 aromatic heterocycles. The van der Waals surface area contributed by atoms with Crippen LogP contribution in [0, 0.1) is 0 Å². The Balaban J connectivity index is 0.00000242. The van der Waals surface area contributed by atoms with Crippen molar-refractivity contribution in [1.29, 1.82) is 0 Å². The first kappa shape index (κ1) is 21.4. The van der Waals surface area contributed by atoms with Crippen LogP contribution in [-0.4, -0.2) is 30.5 Å². The maximum atomic E-state index is 12.1. The van der Waals surface area contributed by atoms with Gasteiger partial charge in [0.2, 0.25) is 0 Å². The highest BCUT2D eigenvalue weighted by molar-refractivity contribution is 5.95. The molecule has 0 aliphatic rings. The number of nitrogens with one attached hydrogen (secondary N) is 2. The van der Waals surface area contributed by atoms with Crippen LogP contribution < -0.4 is 10.6 Å². The number of hydrogen-bond acceptors (Lipinski definition) is 3. The molecule has 23 heavy (non-hydrogen) atoms. The first-order valence-electron chi connectivity index (χ1n) is 7.30. The third kappa shape index (κ3) is 6.99. The lowest BCUT2D eigenvalue weighted by Crippen LogP contribution is -2.32. The van der Waals surface area contributed by atoms with Crippen LogP contribution in [0.15, 0.2) is 48.8 Å². The van der Waals surface area contributed by atoms with Crippen LogP contribution in [0.1, 0.15) is 23.7 Å². The largest absolute Gasteiger partial charge is 0.351 e. The molecule has 0 saturated heterocycles. The predicted molar refractivity (Wildman–Crippen MR) is 99.7 cm³/mol. The highest BCUT2D eigenvalue weighted by atomic mass is 35.5. The smallest absolute Gasteiger partial charge is 0.252 e. The second-order valence-electron chi connectivity index (χ2n) is 4.83. The summed E-state index contributed by atoms with van der Waals surface area (Å²) in [6.45, 7) is 4.49. The monoisotopic (exact) mass is 355 g/mol. The number of pyridine rings is 1. The Hall–Kier alpha value is -1.62. The summed E-state index contributed by atoms with van der Waals surface area (Å²) in [5.74, 6) is -0.0846. The summed E-state index contributed by atoms with van der Waals surface area (Å²) >= 11 is 0. The Morgan fingerprint density at radius 2 is 1.74 bits per heavy atom. The first-order chi connectivity index (χ1) is 10.3. The van der Waals surface area contributed by atoms with Crippen LogP contribution in [-0.2, 0) is 0 Å². The molecule has 0 radical (unpaired) electrons. The van der Waals surface area contributed by atoms with E-state index in [1.165, 1.54) is 0 Å². The number of benzene rings is 1. The molecule has 1 amide bonds. The van der Waals surface area contributed by atoms with Crippen molar-refractivity contribution in [3.63, 3.8) is 0 Å². The summed E-state index contributed by atoms with van der Waals surface area (Å²) < 4.78 is 0. The Labute approximate surface area is 149 Å². The topological polar surface area (TPSA) is 54.0 Å². The molecule has 2 rings (SSSR count). The molecule has 0 saturated carbocycles. The maximum Gasteiger partial charge on any atom is 0.252 e. The average Bonchev–Trinajstić information content (AvgIpc) is 2.55. The maximum absolute atomic E-state index is 12.1. The summed E-state index contributed by atoms with van der Waals surface area (Å²) in [6.07, 6.45) is 4.47. The number of nitrogens with zero attached hydrogens (tertiary/aromatic N) is 1. The fraction of sp³-hybridized carbons (Fsp3) is 0.294. The average molecular weight is 356 g/mol. The van der Waals surface area contributed by atoms with Crippen molar-refractivity contribution < 1.29 is 4.79 Å². The summed E-state index contributed by atoms with van der Waals surface area (Å²) in [7, 11) is 0. The normalized spacial score (nSPS) is 9.43. The van der Waals surface area contributed by atoms with E-state index < -0.39 is 0 Å². The third-order valence-corrected chi connectivity index (χ3v) is 3.12. The van der Waals surface area contributed by atoms with Gasteiger partial charge in [-0.25, -0.2) is 0 Å². The standard InChI is InChI=1S/C17H21N3O.2ClH/c1-2-8-18-9-10-20-17(21)16-11-15(12-19-13-16)14-6-4-3-5-7-14;;/h3-7,11-13,18H,2,8-10H2,1H3,(H,20,21);2*1H. The minimum atomic E-state index is -0.0846. The van der Waals surface area contributed by atoms with Gasteiger partial charge in [0.15, 0.2) is 0 Å². The van der Waals surface area contributed by atoms with E-state index in [-0.39, 0.29) is 30.7 Å². The molecule has 0 aliphatic heterocycles. The van der Waals surface area contributed by atoms with Crippen molar-refractivity contribution >= 4 is 30.7 Å². The third-order valence-electron chi connectivity index (χ3n) is 3.12. The van der Waals surface area contributed by atoms with Crippen molar-refractivity contribution in [2.45, 2.75) is 13.3 Å². The zero-order chi connectivity index (χ0) is 14.9.